The summed E-state index contributed by atoms with van der Waals surface area (Å²) in [7, 11) is 0. The number of hydrogen-bond donors (Lipinski definition) is 1. The molecule has 86 valence electrons. The van der Waals surface area contributed by atoms with Crippen LogP contribution in [0.15, 0.2) is 12.3 Å². The second-order valence-corrected chi connectivity index (χ2v) is 4.27. The molecule has 2 rings (SSSR count). The van der Waals surface area contributed by atoms with Gasteiger partial charge in [0, 0.05) is 12.1 Å². The van der Waals surface area contributed by atoms with Crippen LogP contribution in [0.4, 0.5) is 11.5 Å². The van der Waals surface area contributed by atoms with Gasteiger partial charge in [-0.25, -0.2) is 4.98 Å². The Morgan fingerprint density at radius 3 is 2.94 bits per heavy atom. The van der Waals surface area contributed by atoms with Crippen LogP contribution in [-0.2, 0) is 0 Å². The molecule has 1 N–H and O–H groups in total. The smallest absolute Gasteiger partial charge is 0.290 e. The minimum absolute atomic E-state index is 0.0766. The van der Waals surface area contributed by atoms with Crippen LogP contribution < -0.4 is 5.32 Å². The van der Waals surface area contributed by atoms with E-state index in [-0.39, 0.29) is 5.69 Å². The molecule has 0 radical (unpaired) electrons. The zero-order valence-electron chi connectivity index (χ0n) is 9.27. The Hall–Kier alpha value is -1.65. The van der Waals surface area contributed by atoms with Gasteiger partial charge >= 0.3 is 0 Å². The van der Waals surface area contributed by atoms with Crippen molar-refractivity contribution in [2.75, 3.05) is 11.9 Å². The number of aromatic nitrogens is 1. The molecule has 0 spiro atoms. The van der Waals surface area contributed by atoms with Crippen molar-refractivity contribution in [2.45, 2.75) is 26.2 Å². The fourth-order valence-electron chi connectivity index (χ4n) is 1.65. The SMILES string of the molecule is Cc1cc(NCCC2CC2)ncc1[N+](=O)[O-]. The minimum Gasteiger partial charge on any atom is -0.370 e. The summed E-state index contributed by atoms with van der Waals surface area (Å²) in [6, 6.07) is 1.73. The van der Waals surface area contributed by atoms with Gasteiger partial charge in [-0.15, -0.1) is 0 Å². The molecule has 1 aromatic heterocycles. The maximum absolute atomic E-state index is 10.6. The summed E-state index contributed by atoms with van der Waals surface area (Å²) < 4.78 is 0. The first kappa shape index (κ1) is 10.9. The Kier molecular flexibility index (Phi) is 3.03. The van der Waals surface area contributed by atoms with E-state index in [2.05, 4.69) is 10.3 Å². The van der Waals surface area contributed by atoms with Gasteiger partial charge in [-0.2, -0.15) is 0 Å². The highest BCUT2D eigenvalue weighted by atomic mass is 16.6. The molecule has 0 aliphatic heterocycles. The molecule has 1 fully saturated rings. The van der Waals surface area contributed by atoms with Gasteiger partial charge in [-0.1, -0.05) is 12.8 Å². The normalized spacial score (nSPS) is 14.8. The van der Waals surface area contributed by atoms with Crippen LogP contribution in [0.25, 0.3) is 0 Å². The van der Waals surface area contributed by atoms with Crippen molar-refractivity contribution in [3.63, 3.8) is 0 Å². The van der Waals surface area contributed by atoms with E-state index < -0.39 is 4.92 Å². The van der Waals surface area contributed by atoms with Gasteiger partial charge in [0.2, 0.25) is 0 Å². The number of pyridine rings is 1. The van der Waals surface area contributed by atoms with E-state index in [4.69, 9.17) is 0 Å². The van der Waals surface area contributed by atoms with Crippen LogP contribution >= 0.6 is 0 Å². The third-order valence-corrected chi connectivity index (χ3v) is 2.84. The third kappa shape index (κ3) is 2.68. The molecular formula is C11H15N3O2. The van der Waals surface area contributed by atoms with Gasteiger partial charge in [0.1, 0.15) is 12.0 Å². The Bertz CT molecular complexity index is 402. The molecule has 1 aromatic rings. The Balaban J connectivity index is 1.93. The second kappa shape index (κ2) is 4.47. The van der Waals surface area contributed by atoms with Gasteiger partial charge < -0.3 is 5.32 Å². The number of rotatable bonds is 5. The van der Waals surface area contributed by atoms with Crippen LogP contribution in [0.1, 0.15) is 24.8 Å². The van der Waals surface area contributed by atoms with Crippen molar-refractivity contribution in [1.82, 2.24) is 4.98 Å². The number of nitrogens with one attached hydrogen (secondary N) is 1. The molecule has 0 unspecified atom stereocenters. The van der Waals surface area contributed by atoms with Crippen molar-refractivity contribution < 1.29 is 4.92 Å². The summed E-state index contributed by atoms with van der Waals surface area (Å²) >= 11 is 0. The maximum atomic E-state index is 10.6. The van der Waals surface area contributed by atoms with E-state index in [0.29, 0.717) is 5.56 Å². The molecule has 0 saturated heterocycles. The van der Waals surface area contributed by atoms with E-state index in [1.54, 1.807) is 13.0 Å². The lowest BCUT2D eigenvalue weighted by molar-refractivity contribution is -0.385. The average Bonchev–Trinajstić information content (AvgIpc) is 3.01. The number of nitro groups is 1. The van der Waals surface area contributed by atoms with Crippen molar-refractivity contribution in [3.05, 3.63) is 27.9 Å². The van der Waals surface area contributed by atoms with Gasteiger partial charge in [0.25, 0.3) is 5.69 Å². The molecule has 1 heterocycles. The van der Waals surface area contributed by atoms with E-state index in [0.717, 1.165) is 24.7 Å². The summed E-state index contributed by atoms with van der Waals surface area (Å²) in [6.07, 6.45) is 5.16. The van der Waals surface area contributed by atoms with Gasteiger partial charge in [0.15, 0.2) is 0 Å². The van der Waals surface area contributed by atoms with E-state index >= 15 is 0 Å². The van der Waals surface area contributed by atoms with Crippen LogP contribution in [0.3, 0.4) is 0 Å². The van der Waals surface area contributed by atoms with Crippen LogP contribution in [-0.4, -0.2) is 16.5 Å². The molecule has 0 atom stereocenters. The van der Waals surface area contributed by atoms with Crippen LogP contribution in [0.2, 0.25) is 0 Å². The standard InChI is InChI=1S/C11H15N3O2/c1-8-6-11(12-5-4-9-2-3-9)13-7-10(8)14(15)16/h6-7,9H,2-5H2,1H3,(H,12,13). The number of anilines is 1. The average molecular weight is 221 g/mol. The quantitative estimate of drug-likeness (QED) is 0.612. The first-order valence-electron chi connectivity index (χ1n) is 5.51. The molecule has 5 heteroatoms. The lowest BCUT2D eigenvalue weighted by Gasteiger charge is -2.05. The van der Waals surface area contributed by atoms with Gasteiger partial charge in [-0.3, -0.25) is 10.1 Å². The maximum Gasteiger partial charge on any atom is 0.290 e. The third-order valence-electron chi connectivity index (χ3n) is 2.84. The Labute approximate surface area is 94.0 Å². The molecule has 0 aromatic carbocycles. The minimum atomic E-state index is -0.406. The van der Waals surface area contributed by atoms with E-state index in [1.807, 2.05) is 0 Å². The fraction of sp³-hybridized carbons (Fsp3) is 0.545. The Morgan fingerprint density at radius 2 is 2.38 bits per heavy atom. The molecule has 16 heavy (non-hydrogen) atoms. The molecule has 5 nitrogen and oxygen atoms in total. The largest absolute Gasteiger partial charge is 0.370 e. The lowest BCUT2D eigenvalue weighted by Crippen LogP contribution is -2.05. The highest BCUT2D eigenvalue weighted by Crippen LogP contribution is 2.32. The zero-order chi connectivity index (χ0) is 11.5. The van der Waals surface area contributed by atoms with E-state index in [1.165, 1.54) is 19.0 Å². The summed E-state index contributed by atoms with van der Waals surface area (Å²) in [5, 5.41) is 13.8. The fourth-order valence-corrected chi connectivity index (χ4v) is 1.65. The van der Waals surface area contributed by atoms with Crippen molar-refractivity contribution >= 4 is 11.5 Å². The number of nitrogens with zero attached hydrogens (tertiary/aromatic N) is 2. The van der Waals surface area contributed by atoms with Crippen molar-refractivity contribution in [3.8, 4) is 0 Å². The van der Waals surface area contributed by atoms with Crippen LogP contribution in [0.5, 0.6) is 0 Å². The molecule has 1 saturated carbocycles. The lowest BCUT2D eigenvalue weighted by atomic mass is 10.2. The summed E-state index contributed by atoms with van der Waals surface area (Å²) in [4.78, 5) is 14.2. The highest BCUT2D eigenvalue weighted by Gasteiger charge is 2.20. The Morgan fingerprint density at radius 1 is 1.62 bits per heavy atom. The molecule has 0 bridgehead atoms. The topological polar surface area (TPSA) is 68.1 Å². The summed E-state index contributed by atoms with van der Waals surface area (Å²) in [6.45, 7) is 2.63. The zero-order valence-corrected chi connectivity index (χ0v) is 9.27. The van der Waals surface area contributed by atoms with Gasteiger partial charge in [-0.05, 0) is 25.3 Å². The predicted molar refractivity (Wildman–Crippen MR) is 61.5 cm³/mol. The monoisotopic (exact) mass is 221 g/mol. The molecule has 1 aliphatic rings. The molecule has 0 amide bonds. The summed E-state index contributed by atoms with van der Waals surface area (Å²) in [5.74, 6) is 1.61. The van der Waals surface area contributed by atoms with E-state index in [9.17, 15) is 10.1 Å². The molecule has 1 aliphatic carbocycles. The first-order chi connectivity index (χ1) is 7.66. The van der Waals surface area contributed by atoms with Gasteiger partial charge in [0.05, 0.1) is 4.92 Å². The van der Waals surface area contributed by atoms with Crippen molar-refractivity contribution in [1.29, 1.82) is 0 Å². The number of aryl methyl sites for hydroxylation is 1. The van der Waals surface area contributed by atoms with Crippen LogP contribution in [0, 0.1) is 23.0 Å². The predicted octanol–water partition coefficient (Wildman–Crippen LogP) is 2.51. The summed E-state index contributed by atoms with van der Waals surface area (Å²) in [5.41, 5.74) is 0.724. The first-order valence-corrected chi connectivity index (χ1v) is 5.51. The highest BCUT2D eigenvalue weighted by molar-refractivity contribution is 5.46. The van der Waals surface area contributed by atoms with Crippen molar-refractivity contribution in [2.24, 2.45) is 5.92 Å². The number of hydrogen-bond acceptors (Lipinski definition) is 4. The second-order valence-electron chi connectivity index (χ2n) is 4.27. The molecular weight excluding hydrogens is 206 g/mol.